The number of hydrogen-bond donors (Lipinski definition) is 0. The lowest BCUT2D eigenvalue weighted by Crippen LogP contribution is -2.09. The maximum atomic E-state index is 6.52. The zero-order valence-corrected chi connectivity index (χ0v) is 22.9. The van der Waals surface area contributed by atoms with E-state index in [1.807, 2.05) is 0 Å². The average molecular weight is 538 g/mol. The summed E-state index contributed by atoms with van der Waals surface area (Å²) in [7, 11) is 0. The molecule has 2 heteroatoms. The van der Waals surface area contributed by atoms with Crippen LogP contribution in [0.25, 0.3) is 55.0 Å². The molecule has 0 aliphatic carbocycles. The minimum absolute atomic E-state index is 0.884. The first-order valence-corrected chi connectivity index (χ1v) is 14.3. The molecule has 1 heterocycles. The van der Waals surface area contributed by atoms with Crippen molar-refractivity contribution in [2.24, 2.45) is 0 Å². The van der Waals surface area contributed by atoms with Crippen molar-refractivity contribution in [3.05, 3.63) is 164 Å². The van der Waals surface area contributed by atoms with Crippen LogP contribution in [0, 0.1) is 0 Å². The minimum Gasteiger partial charge on any atom is -0.455 e. The fraction of sp³-hybridized carbons (Fsp3) is 0. The first-order chi connectivity index (χ1) is 20.8. The molecule has 42 heavy (non-hydrogen) atoms. The van der Waals surface area contributed by atoms with Crippen LogP contribution in [0.4, 0.5) is 17.1 Å². The van der Waals surface area contributed by atoms with E-state index >= 15 is 0 Å². The molecule has 0 amide bonds. The molecule has 0 aliphatic heterocycles. The minimum atomic E-state index is 0.884. The van der Waals surface area contributed by atoms with Gasteiger partial charge in [-0.1, -0.05) is 115 Å². The summed E-state index contributed by atoms with van der Waals surface area (Å²) in [5.41, 5.74) is 9.90. The van der Waals surface area contributed by atoms with Crippen LogP contribution in [0.15, 0.2) is 168 Å². The number of benzene rings is 7. The summed E-state index contributed by atoms with van der Waals surface area (Å²) < 4.78 is 6.52. The molecule has 0 bridgehead atoms. The van der Waals surface area contributed by atoms with Gasteiger partial charge in [-0.2, -0.15) is 0 Å². The molecule has 0 aliphatic rings. The third-order valence-corrected chi connectivity index (χ3v) is 8.07. The normalized spacial score (nSPS) is 11.3. The van der Waals surface area contributed by atoms with E-state index in [0.29, 0.717) is 0 Å². The molecule has 2 nitrogen and oxygen atoms in total. The van der Waals surface area contributed by atoms with Gasteiger partial charge in [-0.25, -0.2) is 0 Å². The number of fused-ring (bicyclic) bond motifs is 5. The van der Waals surface area contributed by atoms with Gasteiger partial charge in [0.1, 0.15) is 11.2 Å². The van der Waals surface area contributed by atoms with E-state index in [1.54, 1.807) is 0 Å². The van der Waals surface area contributed by atoms with E-state index in [1.165, 1.54) is 27.6 Å². The Morgan fingerprint density at radius 3 is 1.60 bits per heavy atom. The Labute approximate surface area is 244 Å². The Hall–Kier alpha value is -5.60. The highest BCUT2D eigenvalue weighted by Gasteiger charge is 2.16. The molecule has 1 aromatic heterocycles. The summed E-state index contributed by atoms with van der Waals surface area (Å²) in [6.45, 7) is 0. The average Bonchev–Trinajstić information content (AvgIpc) is 3.45. The number of nitrogens with zero attached hydrogens (tertiary/aromatic N) is 1. The van der Waals surface area contributed by atoms with Crippen LogP contribution in [-0.2, 0) is 0 Å². The Morgan fingerprint density at radius 2 is 0.881 bits per heavy atom. The highest BCUT2D eigenvalue weighted by Crippen LogP contribution is 2.40. The van der Waals surface area contributed by atoms with Crippen LogP contribution in [0.2, 0.25) is 0 Å². The van der Waals surface area contributed by atoms with Crippen LogP contribution in [0.5, 0.6) is 0 Å². The van der Waals surface area contributed by atoms with Gasteiger partial charge in [-0.3, -0.25) is 0 Å². The van der Waals surface area contributed by atoms with E-state index in [9.17, 15) is 0 Å². The second-order valence-electron chi connectivity index (χ2n) is 10.6. The lowest BCUT2D eigenvalue weighted by atomic mass is 10.00. The maximum absolute atomic E-state index is 6.52. The largest absolute Gasteiger partial charge is 0.455 e. The van der Waals surface area contributed by atoms with Crippen LogP contribution in [0.1, 0.15) is 0 Å². The van der Waals surface area contributed by atoms with Crippen molar-refractivity contribution in [1.29, 1.82) is 0 Å². The topological polar surface area (TPSA) is 16.4 Å². The Balaban J connectivity index is 1.18. The van der Waals surface area contributed by atoms with E-state index in [0.717, 1.165) is 44.4 Å². The molecule has 0 unspecified atom stereocenters. The molecule has 8 aromatic rings. The van der Waals surface area contributed by atoms with E-state index in [-0.39, 0.29) is 0 Å². The second-order valence-corrected chi connectivity index (χ2v) is 10.6. The number of hydrogen-bond acceptors (Lipinski definition) is 2. The van der Waals surface area contributed by atoms with Crippen LogP contribution >= 0.6 is 0 Å². The molecule has 0 saturated heterocycles. The third-order valence-electron chi connectivity index (χ3n) is 8.07. The van der Waals surface area contributed by atoms with Gasteiger partial charge in [0.25, 0.3) is 0 Å². The standard InChI is InChI=1S/C40H27NO/c1-3-9-28(10-4-1)29-15-17-30(18-16-29)31-19-22-34(23-20-31)41(33-12-5-2-6-13-33)35-24-26-37-38-25-21-32-11-7-8-14-36(32)40(38)42-39(37)27-35/h1-27H. The molecule has 0 atom stereocenters. The SMILES string of the molecule is c1ccc(-c2ccc(-c3ccc(N(c4ccccc4)c4ccc5c(c4)oc4c6ccccc6ccc54)cc3)cc2)cc1. The van der Waals surface area contributed by atoms with Crippen molar-refractivity contribution < 1.29 is 4.42 Å². The lowest BCUT2D eigenvalue weighted by molar-refractivity contribution is 0.672. The number of para-hydroxylation sites is 1. The first-order valence-electron chi connectivity index (χ1n) is 14.3. The lowest BCUT2D eigenvalue weighted by Gasteiger charge is -2.25. The van der Waals surface area contributed by atoms with Gasteiger partial charge in [0, 0.05) is 39.3 Å². The summed E-state index contributed by atoms with van der Waals surface area (Å²) in [5.74, 6) is 0. The maximum Gasteiger partial charge on any atom is 0.143 e. The van der Waals surface area contributed by atoms with Crippen LogP contribution in [-0.4, -0.2) is 0 Å². The van der Waals surface area contributed by atoms with Crippen molar-refractivity contribution in [1.82, 2.24) is 0 Å². The molecule has 0 fully saturated rings. The monoisotopic (exact) mass is 537 g/mol. The molecule has 0 radical (unpaired) electrons. The van der Waals surface area contributed by atoms with Gasteiger partial charge in [0.15, 0.2) is 0 Å². The summed E-state index contributed by atoms with van der Waals surface area (Å²) in [4.78, 5) is 2.28. The van der Waals surface area contributed by atoms with Gasteiger partial charge in [0.2, 0.25) is 0 Å². The molecule has 198 valence electrons. The summed E-state index contributed by atoms with van der Waals surface area (Å²) >= 11 is 0. The molecule has 8 rings (SSSR count). The molecule has 0 saturated carbocycles. The molecule has 7 aromatic carbocycles. The molecular formula is C40H27NO. The summed E-state index contributed by atoms with van der Waals surface area (Å²) in [6, 6.07) is 57.9. The van der Waals surface area contributed by atoms with Crippen molar-refractivity contribution in [3.8, 4) is 22.3 Å². The van der Waals surface area contributed by atoms with Gasteiger partial charge in [0.05, 0.1) is 0 Å². The predicted octanol–water partition coefficient (Wildman–Crippen LogP) is 11.5. The summed E-state index contributed by atoms with van der Waals surface area (Å²) in [6.07, 6.45) is 0. The van der Waals surface area contributed by atoms with Crippen molar-refractivity contribution in [2.45, 2.75) is 0 Å². The highest BCUT2D eigenvalue weighted by atomic mass is 16.3. The Morgan fingerprint density at radius 1 is 0.357 bits per heavy atom. The molecule has 0 spiro atoms. The second kappa shape index (κ2) is 10.1. The van der Waals surface area contributed by atoms with Crippen molar-refractivity contribution >= 4 is 49.8 Å². The zero-order chi connectivity index (χ0) is 27.9. The summed E-state index contributed by atoms with van der Waals surface area (Å²) in [5, 5.41) is 4.59. The van der Waals surface area contributed by atoms with E-state index in [4.69, 9.17) is 4.42 Å². The number of rotatable bonds is 5. The fourth-order valence-electron chi connectivity index (χ4n) is 5.95. The zero-order valence-electron chi connectivity index (χ0n) is 22.9. The Bertz CT molecular complexity index is 2160. The quantitative estimate of drug-likeness (QED) is 0.217. The smallest absolute Gasteiger partial charge is 0.143 e. The van der Waals surface area contributed by atoms with Gasteiger partial charge < -0.3 is 9.32 Å². The molecular weight excluding hydrogens is 510 g/mol. The highest BCUT2D eigenvalue weighted by molar-refractivity contribution is 6.15. The first kappa shape index (κ1) is 24.2. The van der Waals surface area contributed by atoms with Gasteiger partial charge in [-0.15, -0.1) is 0 Å². The predicted molar refractivity (Wildman–Crippen MR) is 177 cm³/mol. The van der Waals surface area contributed by atoms with Gasteiger partial charge in [-0.05, 0) is 70.1 Å². The Kier molecular flexibility index (Phi) is 5.82. The third kappa shape index (κ3) is 4.22. The van der Waals surface area contributed by atoms with E-state index < -0.39 is 0 Å². The number of furan rings is 1. The van der Waals surface area contributed by atoms with Crippen molar-refractivity contribution in [3.63, 3.8) is 0 Å². The molecule has 0 N–H and O–H groups in total. The van der Waals surface area contributed by atoms with Crippen molar-refractivity contribution in [2.75, 3.05) is 4.90 Å². The fourth-order valence-corrected chi connectivity index (χ4v) is 5.95. The van der Waals surface area contributed by atoms with Gasteiger partial charge >= 0.3 is 0 Å². The number of anilines is 3. The van der Waals surface area contributed by atoms with Crippen LogP contribution < -0.4 is 4.90 Å². The van der Waals surface area contributed by atoms with E-state index in [2.05, 4.69) is 169 Å². The van der Waals surface area contributed by atoms with Crippen LogP contribution in [0.3, 0.4) is 0 Å².